The van der Waals surface area contributed by atoms with Crippen LogP contribution in [0.5, 0.6) is 0 Å². The van der Waals surface area contributed by atoms with Crippen molar-refractivity contribution >= 4 is 0 Å². The first-order valence-corrected chi connectivity index (χ1v) is 5.38. The first-order valence-electron chi connectivity index (χ1n) is 5.38. The molecule has 0 saturated heterocycles. The molecular weight excluding hydrogens is 202 g/mol. The molecule has 2 rings (SSSR count). The highest BCUT2D eigenvalue weighted by molar-refractivity contribution is 5.11. The number of nitrogens with zero attached hydrogens (tertiary/aromatic N) is 3. The highest BCUT2D eigenvalue weighted by Gasteiger charge is 2.01. The summed E-state index contributed by atoms with van der Waals surface area (Å²) in [5.41, 5.74) is 1.88. The van der Waals surface area contributed by atoms with Gasteiger partial charge in [0.1, 0.15) is 0 Å². The third-order valence-electron chi connectivity index (χ3n) is 2.57. The average molecular weight is 217 g/mol. The molecule has 0 spiro atoms. The van der Waals surface area contributed by atoms with Crippen LogP contribution in [0.4, 0.5) is 0 Å². The molecule has 0 aliphatic rings. The Bertz CT molecular complexity index is 539. The van der Waals surface area contributed by atoms with E-state index in [9.17, 15) is 4.79 Å². The Balaban J connectivity index is 2.27. The minimum Gasteiger partial charge on any atom is -0.311 e. The summed E-state index contributed by atoms with van der Waals surface area (Å²) < 4.78 is 3.56. The van der Waals surface area contributed by atoms with Crippen LogP contribution in [0.15, 0.2) is 35.5 Å². The Hall–Kier alpha value is -1.84. The molecule has 0 unspecified atom stereocenters. The molecule has 0 amide bonds. The lowest BCUT2D eigenvalue weighted by Crippen LogP contribution is -2.21. The number of hydrogen-bond acceptors (Lipinski definition) is 2. The lowest BCUT2D eigenvalue weighted by molar-refractivity contribution is 0.658. The van der Waals surface area contributed by atoms with Gasteiger partial charge in [0.05, 0.1) is 12.7 Å². The van der Waals surface area contributed by atoms with Crippen molar-refractivity contribution in [2.75, 3.05) is 0 Å². The SMILES string of the molecule is CCn1cc(Cn2cccc(C)c2=O)cn1. The van der Waals surface area contributed by atoms with Gasteiger partial charge in [-0.1, -0.05) is 6.07 Å². The Morgan fingerprint density at radius 1 is 1.44 bits per heavy atom. The molecule has 0 N–H and O–H groups in total. The van der Waals surface area contributed by atoms with Crippen molar-refractivity contribution in [2.45, 2.75) is 26.9 Å². The minimum absolute atomic E-state index is 0.0618. The molecule has 4 nitrogen and oxygen atoms in total. The Morgan fingerprint density at radius 3 is 2.94 bits per heavy atom. The van der Waals surface area contributed by atoms with E-state index in [2.05, 4.69) is 5.10 Å². The Kier molecular flexibility index (Phi) is 2.90. The zero-order valence-corrected chi connectivity index (χ0v) is 9.55. The summed E-state index contributed by atoms with van der Waals surface area (Å²) in [6.07, 6.45) is 5.58. The molecule has 84 valence electrons. The van der Waals surface area contributed by atoms with Gasteiger partial charge in [0, 0.05) is 30.1 Å². The summed E-state index contributed by atoms with van der Waals surface area (Å²) in [4.78, 5) is 11.8. The summed E-state index contributed by atoms with van der Waals surface area (Å²) in [5, 5.41) is 4.18. The van der Waals surface area contributed by atoms with Gasteiger partial charge in [-0.3, -0.25) is 9.48 Å². The number of hydrogen-bond donors (Lipinski definition) is 0. The first-order chi connectivity index (χ1) is 7.70. The van der Waals surface area contributed by atoms with Gasteiger partial charge in [0.25, 0.3) is 5.56 Å². The molecule has 4 heteroatoms. The van der Waals surface area contributed by atoms with Gasteiger partial charge >= 0.3 is 0 Å². The van der Waals surface area contributed by atoms with E-state index in [1.807, 2.05) is 36.9 Å². The van der Waals surface area contributed by atoms with Crippen LogP contribution in [-0.2, 0) is 13.1 Å². The Labute approximate surface area is 94.1 Å². The second kappa shape index (κ2) is 4.35. The van der Waals surface area contributed by atoms with E-state index in [4.69, 9.17) is 0 Å². The van der Waals surface area contributed by atoms with E-state index in [-0.39, 0.29) is 5.56 Å². The minimum atomic E-state index is 0.0618. The maximum absolute atomic E-state index is 11.8. The normalized spacial score (nSPS) is 10.6. The predicted octanol–water partition coefficient (Wildman–Crippen LogP) is 1.42. The third kappa shape index (κ3) is 2.05. The van der Waals surface area contributed by atoms with E-state index < -0.39 is 0 Å². The van der Waals surface area contributed by atoms with Gasteiger partial charge in [-0.05, 0) is 19.9 Å². The van der Waals surface area contributed by atoms with Crippen LogP contribution in [0.3, 0.4) is 0 Å². The average Bonchev–Trinajstić information content (AvgIpc) is 2.73. The summed E-state index contributed by atoms with van der Waals surface area (Å²) in [7, 11) is 0. The van der Waals surface area contributed by atoms with Crippen LogP contribution in [0, 0.1) is 6.92 Å². The van der Waals surface area contributed by atoms with Gasteiger partial charge in [-0.2, -0.15) is 5.10 Å². The lowest BCUT2D eigenvalue weighted by atomic mass is 10.3. The van der Waals surface area contributed by atoms with Gasteiger partial charge in [0.2, 0.25) is 0 Å². The molecular formula is C12H15N3O. The summed E-state index contributed by atoms with van der Waals surface area (Å²) >= 11 is 0. The maximum Gasteiger partial charge on any atom is 0.253 e. The van der Waals surface area contributed by atoms with E-state index in [1.165, 1.54) is 0 Å². The van der Waals surface area contributed by atoms with Gasteiger partial charge < -0.3 is 4.57 Å². The van der Waals surface area contributed by atoms with Crippen molar-refractivity contribution in [3.63, 3.8) is 0 Å². The zero-order chi connectivity index (χ0) is 11.5. The molecule has 0 fully saturated rings. The van der Waals surface area contributed by atoms with Crippen LogP contribution in [0.1, 0.15) is 18.1 Å². The molecule has 2 aromatic heterocycles. The van der Waals surface area contributed by atoms with Crippen molar-refractivity contribution in [1.82, 2.24) is 14.3 Å². The second-order valence-corrected chi connectivity index (χ2v) is 3.83. The second-order valence-electron chi connectivity index (χ2n) is 3.83. The molecule has 0 aliphatic carbocycles. The molecule has 0 radical (unpaired) electrons. The molecule has 2 aromatic rings. The van der Waals surface area contributed by atoms with E-state index in [0.29, 0.717) is 6.54 Å². The number of aryl methyl sites for hydroxylation is 2. The number of pyridine rings is 1. The standard InChI is InChI=1S/C12H15N3O/c1-3-15-9-11(7-13-15)8-14-6-4-5-10(2)12(14)16/h4-7,9H,3,8H2,1-2H3. The quantitative estimate of drug-likeness (QED) is 0.780. The highest BCUT2D eigenvalue weighted by atomic mass is 16.1. The molecule has 0 bridgehead atoms. The van der Waals surface area contributed by atoms with Gasteiger partial charge in [-0.15, -0.1) is 0 Å². The molecule has 16 heavy (non-hydrogen) atoms. The van der Waals surface area contributed by atoms with Crippen molar-refractivity contribution in [1.29, 1.82) is 0 Å². The topological polar surface area (TPSA) is 39.8 Å². The van der Waals surface area contributed by atoms with E-state index in [0.717, 1.165) is 17.7 Å². The van der Waals surface area contributed by atoms with Crippen molar-refractivity contribution in [2.24, 2.45) is 0 Å². The van der Waals surface area contributed by atoms with Crippen molar-refractivity contribution in [3.8, 4) is 0 Å². The van der Waals surface area contributed by atoms with Crippen molar-refractivity contribution < 1.29 is 0 Å². The number of rotatable bonds is 3. The van der Waals surface area contributed by atoms with Gasteiger partial charge in [0.15, 0.2) is 0 Å². The molecule has 2 heterocycles. The first kappa shape index (κ1) is 10.7. The molecule has 0 atom stereocenters. The van der Waals surface area contributed by atoms with E-state index >= 15 is 0 Å². The van der Waals surface area contributed by atoms with Crippen LogP contribution in [0.25, 0.3) is 0 Å². The fraction of sp³-hybridized carbons (Fsp3) is 0.333. The smallest absolute Gasteiger partial charge is 0.253 e. The van der Waals surface area contributed by atoms with E-state index in [1.54, 1.807) is 17.0 Å². The zero-order valence-electron chi connectivity index (χ0n) is 9.55. The van der Waals surface area contributed by atoms with Gasteiger partial charge in [-0.25, -0.2) is 0 Å². The number of aromatic nitrogens is 3. The van der Waals surface area contributed by atoms with Crippen LogP contribution < -0.4 is 5.56 Å². The summed E-state index contributed by atoms with van der Waals surface area (Å²) in [6, 6.07) is 3.72. The van der Waals surface area contributed by atoms with Crippen LogP contribution in [0.2, 0.25) is 0 Å². The summed E-state index contributed by atoms with van der Waals surface area (Å²) in [5.74, 6) is 0. The molecule has 0 aromatic carbocycles. The third-order valence-corrected chi connectivity index (χ3v) is 2.57. The predicted molar refractivity (Wildman–Crippen MR) is 62.4 cm³/mol. The molecule has 0 aliphatic heterocycles. The van der Waals surface area contributed by atoms with Crippen LogP contribution in [-0.4, -0.2) is 14.3 Å². The largest absolute Gasteiger partial charge is 0.311 e. The highest BCUT2D eigenvalue weighted by Crippen LogP contribution is 2.00. The molecule has 0 saturated carbocycles. The fourth-order valence-corrected chi connectivity index (χ4v) is 1.64. The van der Waals surface area contributed by atoms with Crippen molar-refractivity contribution in [3.05, 3.63) is 52.2 Å². The monoisotopic (exact) mass is 217 g/mol. The Morgan fingerprint density at radius 2 is 2.25 bits per heavy atom. The fourth-order valence-electron chi connectivity index (χ4n) is 1.64. The lowest BCUT2D eigenvalue weighted by Gasteiger charge is -2.03. The summed E-state index contributed by atoms with van der Waals surface area (Å²) in [6.45, 7) is 5.30. The maximum atomic E-state index is 11.8. The van der Waals surface area contributed by atoms with Crippen LogP contribution >= 0.6 is 0 Å².